The number of pyridine rings is 1. The fraction of sp³-hybridized carbons (Fsp3) is 0.316. The van der Waals surface area contributed by atoms with E-state index in [1.807, 2.05) is 0 Å². The maximum atomic E-state index is 13.4. The monoisotopic (exact) mass is 435 g/mol. The fourth-order valence-electron chi connectivity index (χ4n) is 3.34. The highest BCUT2D eigenvalue weighted by Crippen LogP contribution is 2.23. The second kappa shape index (κ2) is 8.90. The summed E-state index contributed by atoms with van der Waals surface area (Å²) < 4.78 is 26.6. The lowest BCUT2D eigenvalue weighted by molar-refractivity contribution is 0.235. The van der Waals surface area contributed by atoms with Gasteiger partial charge in [0.25, 0.3) is 0 Å². The number of alkyl halides is 1. The van der Waals surface area contributed by atoms with E-state index in [1.165, 1.54) is 18.2 Å². The van der Waals surface area contributed by atoms with E-state index in [0.29, 0.717) is 54.4 Å². The van der Waals surface area contributed by atoms with Gasteiger partial charge >= 0.3 is 0 Å². The molecule has 4 N–H and O–H groups in total. The van der Waals surface area contributed by atoms with Gasteiger partial charge in [0.05, 0.1) is 16.2 Å². The van der Waals surface area contributed by atoms with Crippen LogP contribution in [0, 0.1) is 5.82 Å². The van der Waals surface area contributed by atoms with Gasteiger partial charge in [-0.1, -0.05) is 11.6 Å². The third-order valence-corrected chi connectivity index (χ3v) is 5.12. The maximum Gasteiger partial charge on any atom is 0.202 e. The van der Waals surface area contributed by atoms with Crippen molar-refractivity contribution in [1.82, 2.24) is 25.3 Å². The number of aromatic amines is 1. The molecular weight excluding hydrogens is 416 g/mol. The van der Waals surface area contributed by atoms with Crippen LogP contribution in [0.1, 0.15) is 12.0 Å². The lowest BCUT2D eigenvalue weighted by atomic mass is 10.2. The summed E-state index contributed by atoms with van der Waals surface area (Å²) in [5.41, 5.74) is 3.92. The second-order valence-electron chi connectivity index (χ2n) is 6.93. The molecule has 1 unspecified atom stereocenters. The van der Waals surface area contributed by atoms with E-state index in [2.05, 4.69) is 35.6 Å². The zero-order chi connectivity index (χ0) is 21.1. The number of hydrogen-bond acceptors (Lipinski definition) is 6. The van der Waals surface area contributed by atoms with E-state index in [9.17, 15) is 14.0 Å². The Bertz CT molecular complexity index is 1070. The Balaban J connectivity index is 1.54. The lowest BCUT2D eigenvalue weighted by Crippen LogP contribution is -2.27. The number of fused-ring (bicyclic) bond motifs is 1. The van der Waals surface area contributed by atoms with Crippen molar-refractivity contribution in [3.05, 3.63) is 46.9 Å². The number of nitrogens with zero attached hydrogens (tertiary/aromatic N) is 4. The molecule has 0 spiro atoms. The average Bonchev–Trinajstić information content (AvgIpc) is 3.34. The van der Waals surface area contributed by atoms with E-state index >= 15 is 0 Å². The van der Waals surface area contributed by atoms with E-state index < -0.39 is 12.0 Å². The first-order valence-electron chi connectivity index (χ1n) is 9.42. The highest BCUT2D eigenvalue weighted by molar-refractivity contribution is 6.31. The highest BCUT2D eigenvalue weighted by Gasteiger charge is 2.21. The molecule has 0 aliphatic carbocycles. The summed E-state index contributed by atoms with van der Waals surface area (Å²) >= 11 is 5.80. The predicted molar refractivity (Wildman–Crippen MR) is 111 cm³/mol. The molecule has 0 radical (unpaired) electrons. The number of aliphatic imine (C=N–C) groups is 1. The molecule has 11 heteroatoms. The Labute approximate surface area is 176 Å². The molecule has 1 aliphatic rings. The van der Waals surface area contributed by atoms with Crippen LogP contribution in [0.15, 0.2) is 35.5 Å². The van der Waals surface area contributed by atoms with Gasteiger partial charge in [-0.15, -0.1) is 0 Å². The van der Waals surface area contributed by atoms with E-state index in [-0.39, 0.29) is 10.9 Å². The third kappa shape index (κ3) is 4.50. The van der Waals surface area contributed by atoms with Crippen molar-refractivity contribution in [2.45, 2.75) is 12.6 Å². The zero-order valence-electron chi connectivity index (χ0n) is 15.9. The Kier molecular flexibility index (Phi) is 6.07. The van der Waals surface area contributed by atoms with Crippen LogP contribution in [0.4, 0.5) is 20.4 Å². The number of likely N-dealkylation sites (tertiary alicyclic amines) is 1. The van der Waals surface area contributed by atoms with Gasteiger partial charge in [-0.25, -0.2) is 18.8 Å². The van der Waals surface area contributed by atoms with E-state index in [4.69, 9.17) is 11.6 Å². The van der Waals surface area contributed by atoms with Gasteiger partial charge in [0.1, 0.15) is 12.0 Å². The van der Waals surface area contributed by atoms with Crippen LogP contribution in [0.3, 0.4) is 0 Å². The van der Waals surface area contributed by atoms with Crippen LogP contribution in [0.5, 0.6) is 0 Å². The van der Waals surface area contributed by atoms with Crippen LogP contribution in [0.2, 0.25) is 5.02 Å². The zero-order valence-corrected chi connectivity index (χ0v) is 16.6. The minimum Gasteiger partial charge on any atom is -0.354 e. The number of hydroxylamine groups is 1. The summed E-state index contributed by atoms with van der Waals surface area (Å²) in [5, 5.41) is 12.7. The standard InChI is InChI=1S/C19H20ClF2N7O/c20-14-9-12(1-2-15(14)22)25-17(28-30)13-3-5-23-18-16(13)26-19(27-18)24-6-8-29-7-4-11(21)10-29/h1-3,5,9,11,30H,4,6-8,10H2,(H,25,28)(H2,23,24,26,27). The Morgan fingerprint density at radius 1 is 1.40 bits per heavy atom. The van der Waals surface area contributed by atoms with Crippen molar-refractivity contribution in [2.24, 2.45) is 4.99 Å². The Morgan fingerprint density at radius 3 is 3.00 bits per heavy atom. The molecule has 1 aromatic carbocycles. The van der Waals surface area contributed by atoms with Gasteiger partial charge < -0.3 is 10.3 Å². The SMILES string of the molecule is ONC(=Nc1ccc(F)c(Cl)c1)c1ccnc2nc(NCCN3CCC(F)C3)[nH]c12. The number of imidazole rings is 1. The quantitative estimate of drug-likeness (QED) is 0.269. The number of hydrogen-bond donors (Lipinski definition) is 4. The number of amidine groups is 1. The summed E-state index contributed by atoms with van der Waals surface area (Å²) in [6.07, 6.45) is 1.37. The van der Waals surface area contributed by atoms with Crippen LogP contribution >= 0.6 is 11.6 Å². The largest absolute Gasteiger partial charge is 0.354 e. The first-order valence-corrected chi connectivity index (χ1v) is 9.80. The van der Waals surface area contributed by atoms with Gasteiger partial charge in [-0.2, -0.15) is 4.98 Å². The summed E-state index contributed by atoms with van der Waals surface area (Å²) in [5.74, 6) is 0.0649. The molecule has 1 atom stereocenters. The van der Waals surface area contributed by atoms with Gasteiger partial charge in [-0.05, 0) is 30.7 Å². The number of anilines is 1. The molecule has 0 bridgehead atoms. The number of aromatic nitrogens is 3. The molecule has 1 fully saturated rings. The van der Waals surface area contributed by atoms with Crippen LogP contribution in [-0.2, 0) is 0 Å². The fourth-order valence-corrected chi connectivity index (χ4v) is 3.52. The smallest absolute Gasteiger partial charge is 0.202 e. The van der Waals surface area contributed by atoms with Gasteiger partial charge in [0.2, 0.25) is 5.95 Å². The minimum absolute atomic E-state index is 0.0708. The Morgan fingerprint density at radius 2 is 2.27 bits per heavy atom. The average molecular weight is 436 g/mol. The molecule has 4 rings (SSSR count). The minimum atomic E-state index is -0.748. The van der Waals surface area contributed by atoms with Crippen molar-refractivity contribution in [2.75, 3.05) is 31.5 Å². The van der Waals surface area contributed by atoms with E-state index in [0.717, 1.165) is 6.54 Å². The number of halogens is 3. The van der Waals surface area contributed by atoms with Gasteiger partial charge in [0, 0.05) is 37.9 Å². The first-order chi connectivity index (χ1) is 14.5. The molecular formula is C19H20ClF2N7O. The molecule has 3 heterocycles. The molecule has 0 saturated carbocycles. The van der Waals surface area contributed by atoms with Crippen molar-refractivity contribution in [3.8, 4) is 0 Å². The lowest BCUT2D eigenvalue weighted by Gasteiger charge is -2.14. The van der Waals surface area contributed by atoms with Crippen molar-refractivity contribution in [3.63, 3.8) is 0 Å². The molecule has 1 aliphatic heterocycles. The molecule has 2 aromatic heterocycles. The van der Waals surface area contributed by atoms with Crippen molar-refractivity contribution < 1.29 is 14.0 Å². The number of benzene rings is 1. The van der Waals surface area contributed by atoms with Crippen LogP contribution in [-0.4, -0.2) is 63.2 Å². The van der Waals surface area contributed by atoms with Crippen molar-refractivity contribution >= 4 is 40.2 Å². The summed E-state index contributed by atoms with van der Waals surface area (Å²) in [7, 11) is 0. The summed E-state index contributed by atoms with van der Waals surface area (Å²) in [4.78, 5) is 18.1. The Hall–Kier alpha value is -2.82. The molecule has 1 saturated heterocycles. The number of rotatable bonds is 6. The van der Waals surface area contributed by atoms with Crippen LogP contribution in [0.25, 0.3) is 11.2 Å². The second-order valence-corrected chi connectivity index (χ2v) is 7.33. The normalized spacial score (nSPS) is 17.6. The van der Waals surface area contributed by atoms with Gasteiger partial charge in [0.15, 0.2) is 11.5 Å². The molecule has 0 amide bonds. The molecule has 8 nitrogen and oxygen atoms in total. The van der Waals surface area contributed by atoms with Crippen LogP contribution < -0.4 is 10.8 Å². The summed E-state index contributed by atoms with van der Waals surface area (Å²) in [6, 6.07) is 5.65. The summed E-state index contributed by atoms with van der Waals surface area (Å²) in [6.45, 7) is 2.51. The predicted octanol–water partition coefficient (Wildman–Crippen LogP) is 3.26. The molecule has 30 heavy (non-hydrogen) atoms. The first kappa shape index (κ1) is 20.5. The molecule has 158 valence electrons. The van der Waals surface area contributed by atoms with Gasteiger partial charge in [-0.3, -0.25) is 15.6 Å². The highest BCUT2D eigenvalue weighted by atomic mass is 35.5. The number of nitrogens with one attached hydrogen (secondary N) is 3. The third-order valence-electron chi connectivity index (χ3n) is 4.83. The topological polar surface area (TPSA) is 101 Å². The van der Waals surface area contributed by atoms with Crippen molar-refractivity contribution in [1.29, 1.82) is 0 Å². The van der Waals surface area contributed by atoms with E-state index in [1.54, 1.807) is 12.3 Å². The maximum absolute atomic E-state index is 13.4. The molecule has 3 aromatic rings. The number of H-pyrrole nitrogens is 1.